The van der Waals surface area contributed by atoms with Gasteiger partial charge in [0, 0.05) is 5.56 Å². The van der Waals surface area contributed by atoms with E-state index < -0.39 is 0 Å². The van der Waals surface area contributed by atoms with Gasteiger partial charge in [0.25, 0.3) is 0 Å². The maximum atomic E-state index is 9.75. The van der Waals surface area contributed by atoms with Crippen LogP contribution in [0.5, 0.6) is 5.75 Å². The molecular formula is C13H18O2. The molecule has 0 saturated heterocycles. The first-order valence-corrected chi connectivity index (χ1v) is 5.06. The third-order valence-electron chi connectivity index (χ3n) is 2.30. The molecule has 0 aliphatic rings. The lowest BCUT2D eigenvalue weighted by Gasteiger charge is -2.24. The maximum Gasteiger partial charge on any atom is 0.123 e. The Kier molecular flexibility index (Phi) is 3.53. The SMILES string of the molecule is CC(C)(C)/C(=C/CO)c1ccccc1O. The zero-order chi connectivity index (χ0) is 11.5. The molecule has 15 heavy (non-hydrogen) atoms. The highest BCUT2D eigenvalue weighted by Gasteiger charge is 2.20. The van der Waals surface area contributed by atoms with Crippen molar-refractivity contribution < 1.29 is 10.2 Å². The summed E-state index contributed by atoms with van der Waals surface area (Å²) in [5, 5.41) is 18.7. The standard InChI is InChI=1S/C13H18O2/c1-13(2,3)11(8-9-14)10-6-4-5-7-12(10)15/h4-8,14-15H,9H2,1-3H3/b11-8+. The third-order valence-corrected chi connectivity index (χ3v) is 2.30. The van der Waals surface area contributed by atoms with Crippen molar-refractivity contribution in [3.8, 4) is 5.75 Å². The predicted octanol–water partition coefficient (Wildman–Crippen LogP) is 2.81. The van der Waals surface area contributed by atoms with Crippen molar-refractivity contribution in [3.05, 3.63) is 35.9 Å². The smallest absolute Gasteiger partial charge is 0.123 e. The predicted molar refractivity (Wildman–Crippen MR) is 62.6 cm³/mol. The molecule has 2 nitrogen and oxygen atoms in total. The molecule has 1 aromatic carbocycles. The Labute approximate surface area is 90.9 Å². The largest absolute Gasteiger partial charge is 0.507 e. The van der Waals surface area contributed by atoms with Crippen LogP contribution in [0.25, 0.3) is 5.57 Å². The fraction of sp³-hybridized carbons (Fsp3) is 0.385. The lowest BCUT2D eigenvalue weighted by atomic mass is 9.81. The van der Waals surface area contributed by atoms with E-state index in [1.54, 1.807) is 18.2 Å². The van der Waals surface area contributed by atoms with Gasteiger partial charge in [-0.3, -0.25) is 0 Å². The average Bonchev–Trinajstić information content (AvgIpc) is 2.14. The van der Waals surface area contributed by atoms with E-state index in [1.165, 1.54) is 0 Å². The first kappa shape index (κ1) is 11.8. The summed E-state index contributed by atoms with van der Waals surface area (Å²) in [5.41, 5.74) is 1.66. The number of phenols is 1. The number of phenolic OH excluding ortho intramolecular Hbond substituents is 1. The van der Waals surface area contributed by atoms with E-state index in [9.17, 15) is 5.11 Å². The van der Waals surface area contributed by atoms with Gasteiger partial charge in [-0.25, -0.2) is 0 Å². The van der Waals surface area contributed by atoms with Gasteiger partial charge >= 0.3 is 0 Å². The fourth-order valence-electron chi connectivity index (χ4n) is 1.61. The van der Waals surface area contributed by atoms with E-state index >= 15 is 0 Å². The van der Waals surface area contributed by atoms with Gasteiger partial charge in [-0.2, -0.15) is 0 Å². The van der Waals surface area contributed by atoms with Crippen LogP contribution in [0.4, 0.5) is 0 Å². The maximum absolute atomic E-state index is 9.75. The van der Waals surface area contributed by atoms with Crippen LogP contribution in [0, 0.1) is 5.41 Å². The van der Waals surface area contributed by atoms with Gasteiger partial charge in [-0.05, 0) is 17.1 Å². The molecule has 0 aliphatic carbocycles. The van der Waals surface area contributed by atoms with Gasteiger partial charge in [0.15, 0.2) is 0 Å². The topological polar surface area (TPSA) is 40.5 Å². The van der Waals surface area contributed by atoms with Crippen LogP contribution in [0.2, 0.25) is 0 Å². The van der Waals surface area contributed by atoms with Gasteiger partial charge in [0.1, 0.15) is 5.75 Å². The van der Waals surface area contributed by atoms with Gasteiger partial charge in [0.05, 0.1) is 6.61 Å². The molecule has 0 radical (unpaired) electrons. The molecular weight excluding hydrogens is 188 g/mol. The molecule has 0 aliphatic heterocycles. The van der Waals surface area contributed by atoms with Crippen molar-refractivity contribution in [1.82, 2.24) is 0 Å². The minimum Gasteiger partial charge on any atom is -0.507 e. The highest BCUT2D eigenvalue weighted by molar-refractivity contribution is 5.73. The zero-order valence-corrected chi connectivity index (χ0v) is 9.49. The van der Waals surface area contributed by atoms with Crippen LogP contribution >= 0.6 is 0 Å². The molecule has 0 spiro atoms. The lowest BCUT2D eigenvalue weighted by Crippen LogP contribution is -2.09. The van der Waals surface area contributed by atoms with Gasteiger partial charge in [-0.15, -0.1) is 0 Å². The van der Waals surface area contributed by atoms with Crippen molar-refractivity contribution in [2.75, 3.05) is 6.61 Å². The normalized spacial score (nSPS) is 12.9. The minimum atomic E-state index is -0.0957. The molecule has 0 aromatic heterocycles. The molecule has 0 fully saturated rings. The van der Waals surface area contributed by atoms with Crippen molar-refractivity contribution in [1.29, 1.82) is 0 Å². The van der Waals surface area contributed by atoms with Crippen LogP contribution < -0.4 is 0 Å². The van der Waals surface area contributed by atoms with Crippen LogP contribution in [-0.2, 0) is 0 Å². The third kappa shape index (κ3) is 2.83. The summed E-state index contributed by atoms with van der Waals surface area (Å²) in [6.07, 6.45) is 1.75. The Morgan fingerprint density at radius 1 is 1.27 bits per heavy atom. The van der Waals surface area contributed by atoms with Crippen molar-refractivity contribution in [2.45, 2.75) is 20.8 Å². The molecule has 0 bridgehead atoms. The van der Waals surface area contributed by atoms with Crippen LogP contribution in [-0.4, -0.2) is 16.8 Å². The average molecular weight is 206 g/mol. The highest BCUT2D eigenvalue weighted by atomic mass is 16.3. The lowest BCUT2D eigenvalue weighted by molar-refractivity contribution is 0.341. The van der Waals surface area contributed by atoms with Crippen LogP contribution in [0.15, 0.2) is 30.3 Å². The Morgan fingerprint density at radius 2 is 1.87 bits per heavy atom. The molecule has 1 rings (SSSR count). The first-order chi connectivity index (χ1) is 6.96. The number of aliphatic hydroxyl groups excluding tert-OH is 1. The van der Waals surface area contributed by atoms with E-state index in [0.29, 0.717) is 0 Å². The van der Waals surface area contributed by atoms with E-state index in [1.807, 2.05) is 12.1 Å². The van der Waals surface area contributed by atoms with E-state index in [-0.39, 0.29) is 17.8 Å². The number of aliphatic hydroxyl groups is 1. The monoisotopic (exact) mass is 206 g/mol. The highest BCUT2D eigenvalue weighted by Crippen LogP contribution is 2.37. The number of allylic oxidation sites excluding steroid dienone is 1. The number of rotatable bonds is 2. The van der Waals surface area contributed by atoms with Gasteiger partial charge in [-0.1, -0.05) is 45.0 Å². The second-order valence-electron chi connectivity index (χ2n) is 4.57. The first-order valence-electron chi connectivity index (χ1n) is 5.06. The minimum absolute atomic E-state index is 0.0130. The quantitative estimate of drug-likeness (QED) is 0.781. The molecule has 0 heterocycles. The number of benzene rings is 1. The molecule has 0 amide bonds. The molecule has 2 heteroatoms. The van der Waals surface area contributed by atoms with Crippen molar-refractivity contribution in [3.63, 3.8) is 0 Å². The fourth-order valence-corrected chi connectivity index (χ4v) is 1.61. The summed E-state index contributed by atoms with van der Waals surface area (Å²) in [6, 6.07) is 7.19. The van der Waals surface area contributed by atoms with E-state index in [4.69, 9.17) is 5.11 Å². The number of aromatic hydroxyl groups is 1. The summed E-state index contributed by atoms with van der Waals surface area (Å²) in [4.78, 5) is 0. The van der Waals surface area contributed by atoms with Crippen molar-refractivity contribution in [2.24, 2.45) is 5.41 Å². The second kappa shape index (κ2) is 4.49. The van der Waals surface area contributed by atoms with E-state index in [0.717, 1.165) is 11.1 Å². The Balaban J connectivity index is 3.24. The summed E-state index contributed by atoms with van der Waals surface area (Å²) < 4.78 is 0. The van der Waals surface area contributed by atoms with Crippen molar-refractivity contribution >= 4 is 5.57 Å². The molecule has 0 unspecified atom stereocenters. The van der Waals surface area contributed by atoms with E-state index in [2.05, 4.69) is 20.8 Å². The molecule has 1 aromatic rings. The van der Waals surface area contributed by atoms with Gasteiger partial charge in [0.2, 0.25) is 0 Å². The summed E-state index contributed by atoms with van der Waals surface area (Å²) in [7, 11) is 0. The van der Waals surface area contributed by atoms with Gasteiger partial charge < -0.3 is 10.2 Å². The van der Waals surface area contributed by atoms with Crippen LogP contribution in [0.1, 0.15) is 26.3 Å². The molecule has 2 N–H and O–H groups in total. The summed E-state index contributed by atoms with van der Waals surface area (Å²) >= 11 is 0. The summed E-state index contributed by atoms with van der Waals surface area (Å²) in [5.74, 6) is 0.257. The van der Waals surface area contributed by atoms with Crippen LogP contribution in [0.3, 0.4) is 0 Å². The zero-order valence-electron chi connectivity index (χ0n) is 9.49. The summed E-state index contributed by atoms with van der Waals surface area (Å²) in [6.45, 7) is 6.16. The number of hydrogen-bond acceptors (Lipinski definition) is 2. The second-order valence-corrected chi connectivity index (χ2v) is 4.57. The molecule has 82 valence electrons. The molecule has 0 saturated carbocycles. The Morgan fingerprint density at radius 3 is 2.33 bits per heavy atom. The Hall–Kier alpha value is -1.28. The number of para-hydroxylation sites is 1. The molecule has 0 atom stereocenters. The Bertz CT molecular complexity index is 359. The number of hydrogen-bond donors (Lipinski definition) is 2.